The second kappa shape index (κ2) is 8.17. The van der Waals surface area contributed by atoms with Crippen molar-refractivity contribution in [1.29, 1.82) is 0 Å². The third-order valence-electron chi connectivity index (χ3n) is 3.99. The molecule has 0 aromatic heterocycles. The maximum absolute atomic E-state index is 12.8. The van der Waals surface area contributed by atoms with Crippen LogP contribution in [0.3, 0.4) is 0 Å². The maximum atomic E-state index is 12.8. The zero-order valence-corrected chi connectivity index (χ0v) is 14.2. The first kappa shape index (κ1) is 17.6. The van der Waals surface area contributed by atoms with Gasteiger partial charge in [0.2, 0.25) is 0 Å². The topological polar surface area (TPSA) is 68.0 Å². The molecule has 1 aromatic carbocycles. The normalized spacial score (nSPS) is 17.6. The molecule has 1 unspecified atom stereocenters. The molecule has 1 amide bonds. The van der Waals surface area contributed by atoms with E-state index in [0.29, 0.717) is 36.1 Å². The van der Waals surface area contributed by atoms with Crippen LogP contribution in [0.2, 0.25) is 0 Å². The molecular formula is C17H27N3O3. The van der Waals surface area contributed by atoms with Crippen LogP contribution >= 0.6 is 0 Å². The van der Waals surface area contributed by atoms with Crippen LogP contribution in [-0.4, -0.2) is 69.7 Å². The summed E-state index contributed by atoms with van der Waals surface area (Å²) in [6.45, 7) is 3.36. The number of likely N-dealkylation sites (tertiary alicyclic amines) is 1. The Hall–Kier alpha value is -1.79. The van der Waals surface area contributed by atoms with Gasteiger partial charge in [-0.05, 0) is 38.6 Å². The van der Waals surface area contributed by atoms with E-state index < -0.39 is 0 Å². The first-order valence-electron chi connectivity index (χ1n) is 8.00. The Bertz CT molecular complexity index is 534. The van der Waals surface area contributed by atoms with Crippen molar-refractivity contribution in [3.8, 4) is 11.5 Å². The number of carbonyl (C=O) groups is 1. The fourth-order valence-electron chi connectivity index (χ4n) is 2.95. The van der Waals surface area contributed by atoms with E-state index in [-0.39, 0.29) is 5.91 Å². The Balaban J connectivity index is 2.12. The predicted octanol–water partition coefficient (Wildman–Crippen LogP) is 1.06. The minimum Gasteiger partial charge on any atom is -0.497 e. The van der Waals surface area contributed by atoms with Crippen molar-refractivity contribution in [3.05, 3.63) is 23.8 Å². The van der Waals surface area contributed by atoms with E-state index in [9.17, 15) is 4.79 Å². The Labute approximate surface area is 138 Å². The van der Waals surface area contributed by atoms with Gasteiger partial charge in [-0.3, -0.25) is 4.79 Å². The highest BCUT2D eigenvalue weighted by atomic mass is 16.5. The van der Waals surface area contributed by atoms with Crippen LogP contribution in [0.15, 0.2) is 18.2 Å². The van der Waals surface area contributed by atoms with Crippen LogP contribution in [0.5, 0.6) is 11.5 Å². The van der Waals surface area contributed by atoms with Gasteiger partial charge in [0.05, 0.1) is 12.7 Å². The lowest BCUT2D eigenvalue weighted by Crippen LogP contribution is -2.31. The number of hydrogen-bond acceptors (Lipinski definition) is 5. The van der Waals surface area contributed by atoms with E-state index in [1.165, 1.54) is 0 Å². The van der Waals surface area contributed by atoms with Crippen LogP contribution < -0.4 is 15.2 Å². The fourth-order valence-corrected chi connectivity index (χ4v) is 2.95. The van der Waals surface area contributed by atoms with E-state index in [0.717, 1.165) is 26.1 Å². The molecule has 2 rings (SSSR count). The molecule has 1 atom stereocenters. The van der Waals surface area contributed by atoms with Crippen molar-refractivity contribution in [1.82, 2.24) is 9.80 Å². The number of nitrogens with two attached hydrogens (primary N) is 1. The number of carbonyl (C=O) groups excluding carboxylic acids is 1. The van der Waals surface area contributed by atoms with Gasteiger partial charge < -0.3 is 25.0 Å². The summed E-state index contributed by atoms with van der Waals surface area (Å²) >= 11 is 0. The molecule has 0 bridgehead atoms. The molecule has 6 nitrogen and oxygen atoms in total. The van der Waals surface area contributed by atoms with Gasteiger partial charge in [-0.1, -0.05) is 0 Å². The van der Waals surface area contributed by atoms with Crippen LogP contribution in [0.1, 0.15) is 16.8 Å². The standard InChI is InChI=1S/C17H27N3O3/c1-19(2)11-13-6-8-20(12-13)17(21)15-5-4-14(22-3)10-16(15)23-9-7-18/h4-5,10,13H,6-9,11-12,18H2,1-3H3. The van der Waals surface area contributed by atoms with Gasteiger partial charge in [0.15, 0.2) is 0 Å². The molecule has 1 heterocycles. The Morgan fingerprint density at radius 1 is 1.43 bits per heavy atom. The fraction of sp³-hybridized carbons (Fsp3) is 0.588. The van der Waals surface area contributed by atoms with E-state index in [4.69, 9.17) is 15.2 Å². The van der Waals surface area contributed by atoms with Gasteiger partial charge in [0, 0.05) is 32.2 Å². The van der Waals surface area contributed by atoms with E-state index >= 15 is 0 Å². The SMILES string of the molecule is COc1ccc(C(=O)N2CCC(CN(C)C)C2)c(OCCN)c1. The minimum absolute atomic E-state index is 0.0148. The molecule has 0 radical (unpaired) electrons. The first-order chi connectivity index (χ1) is 11.0. The zero-order valence-electron chi connectivity index (χ0n) is 14.2. The number of methoxy groups -OCH3 is 1. The first-order valence-corrected chi connectivity index (χ1v) is 8.00. The Kier molecular flexibility index (Phi) is 6.24. The molecular weight excluding hydrogens is 294 g/mol. The Morgan fingerprint density at radius 3 is 2.87 bits per heavy atom. The van der Waals surface area contributed by atoms with Crippen molar-refractivity contribution in [2.45, 2.75) is 6.42 Å². The summed E-state index contributed by atoms with van der Waals surface area (Å²) in [5.41, 5.74) is 6.08. The number of benzene rings is 1. The largest absolute Gasteiger partial charge is 0.497 e. The predicted molar refractivity (Wildman–Crippen MR) is 90.1 cm³/mol. The molecule has 128 valence electrons. The van der Waals surface area contributed by atoms with Gasteiger partial charge in [0.1, 0.15) is 18.1 Å². The summed E-state index contributed by atoms with van der Waals surface area (Å²) in [7, 11) is 5.72. The molecule has 0 saturated carbocycles. The van der Waals surface area contributed by atoms with Crippen LogP contribution in [0.25, 0.3) is 0 Å². The van der Waals surface area contributed by atoms with Crippen molar-refractivity contribution in [2.75, 3.05) is 54.0 Å². The van der Waals surface area contributed by atoms with E-state index in [1.807, 2.05) is 4.90 Å². The summed E-state index contributed by atoms with van der Waals surface area (Å²) in [5.74, 6) is 1.75. The molecule has 1 aliphatic rings. The van der Waals surface area contributed by atoms with E-state index in [2.05, 4.69) is 19.0 Å². The lowest BCUT2D eigenvalue weighted by molar-refractivity contribution is 0.0780. The van der Waals surface area contributed by atoms with Gasteiger partial charge in [-0.2, -0.15) is 0 Å². The molecule has 0 spiro atoms. The zero-order chi connectivity index (χ0) is 16.8. The van der Waals surface area contributed by atoms with Gasteiger partial charge in [-0.25, -0.2) is 0 Å². The highest BCUT2D eigenvalue weighted by molar-refractivity contribution is 5.97. The molecule has 0 aliphatic carbocycles. The van der Waals surface area contributed by atoms with Crippen molar-refractivity contribution in [2.24, 2.45) is 11.7 Å². The smallest absolute Gasteiger partial charge is 0.257 e. The summed E-state index contributed by atoms with van der Waals surface area (Å²) in [4.78, 5) is 16.9. The van der Waals surface area contributed by atoms with Crippen LogP contribution in [0.4, 0.5) is 0 Å². The highest BCUT2D eigenvalue weighted by Crippen LogP contribution is 2.28. The quantitative estimate of drug-likeness (QED) is 0.813. The average molecular weight is 321 g/mol. The third-order valence-corrected chi connectivity index (χ3v) is 3.99. The molecule has 1 aromatic rings. The third kappa shape index (κ3) is 4.59. The van der Waals surface area contributed by atoms with Crippen molar-refractivity contribution in [3.63, 3.8) is 0 Å². The molecule has 23 heavy (non-hydrogen) atoms. The second-order valence-electron chi connectivity index (χ2n) is 6.17. The lowest BCUT2D eigenvalue weighted by Gasteiger charge is -2.20. The summed E-state index contributed by atoms with van der Waals surface area (Å²) in [5, 5.41) is 0. The van der Waals surface area contributed by atoms with Crippen LogP contribution in [0, 0.1) is 5.92 Å². The van der Waals surface area contributed by atoms with Gasteiger partial charge >= 0.3 is 0 Å². The summed E-state index contributed by atoms with van der Waals surface area (Å²) < 4.78 is 10.9. The number of rotatable bonds is 7. The molecule has 1 aliphatic heterocycles. The molecule has 1 saturated heterocycles. The van der Waals surface area contributed by atoms with Crippen LogP contribution in [-0.2, 0) is 0 Å². The molecule has 1 fully saturated rings. The monoisotopic (exact) mass is 321 g/mol. The number of nitrogens with zero attached hydrogens (tertiary/aromatic N) is 2. The van der Waals surface area contributed by atoms with Gasteiger partial charge in [-0.15, -0.1) is 0 Å². The lowest BCUT2D eigenvalue weighted by atomic mass is 10.1. The number of ether oxygens (including phenoxy) is 2. The van der Waals surface area contributed by atoms with Crippen molar-refractivity contribution >= 4 is 5.91 Å². The maximum Gasteiger partial charge on any atom is 0.257 e. The summed E-state index contributed by atoms with van der Waals surface area (Å²) in [6.07, 6.45) is 1.04. The highest BCUT2D eigenvalue weighted by Gasteiger charge is 2.28. The minimum atomic E-state index is 0.0148. The Morgan fingerprint density at radius 2 is 2.22 bits per heavy atom. The number of amides is 1. The number of hydrogen-bond donors (Lipinski definition) is 1. The molecule has 2 N–H and O–H groups in total. The van der Waals surface area contributed by atoms with E-state index in [1.54, 1.807) is 25.3 Å². The average Bonchev–Trinajstić information content (AvgIpc) is 2.99. The molecule has 6 heteroatoms. The second-order valence-corrected chi connectivity index (χ2v) is 6.17. The van der Waals surface area contributed by atoms with Crippen molar-refractivity contribution < 1.29 is 14.3 Å². The van der Waals surface area contributed by atoms with Gasteiger partial charge in [0.25, 0.3) is 5.91 Å². The summed E-state index contributed by atoms with van der Waals surface area (Å²) in [6, 6.07) is 5.30.